The topological polar surface area (TPSA) is 9.23 Å². The average Bonchev–Trinajstić information content (AvgIpc) is 2.60. The Morgan fingerprint density at radius 3 is 1.38 bits per heavy atom. The Kier molecular flexibility index (Phi) is 7.93. The summed E-state index contributed by atoms with van der Waals surface area (Å²) in [5.74, 6) is 0.684. The molecule has 13 heteroatoms. The van der Waals surface area contributed by atoms with Crippen molar-refractivity contribution in [1.82, 2.24) is 0 Å². The van der Waals surface area contributed by atoms with E-state index in [1.54, 1.807) is 24.3 Å². The maximum absolute atomic E-state index is 10.7. The monoisotopic (exact) mass is 574 g/mol. The minimum atomic E-state index is -10.7. The van der Waals surface area contributed by atoms with Crippen molar-refractivity contribution in [2.75, 3.05) is 0 Å². The van der Waals surface area contributed by atoms with Crippen LogP contribution >= 0.6 is 54.2 Å². The van der Waals surface area contributed by atoms with Gasteiger partial charge in [0.2, 0.25) is 0 Å². The quantitative estimate of drug-likeness (QED) is 0.171. The Labute approximate surface area is 204 Å². The van der Waals surface area contributed by atoms with Gasteiger partial charge in [0.05, 0.1) is 0 Å². The Balaban J connectivity index is 0.000000451. The van der Waals surface area contributed by atoms with Crippen LogP contribution in [0.1, 0.15) is 17.2 Å². The molecule has 1 nitrogen and oxygen atoms in total. The fourth-order valence-electron chi connectivity index (χ4n) is 2.39. The first kappa shape index (κ1) is 27.2. The molecule has 0 saturated carbocycles. The molecule has 0 unspecified atom stereocenters. The largest absolute Gasteiger partial charge is 0.481 e. The Morgan fingerprint density at radius 1 is 0.656 bits per heavy atom. The van der Waals surface area contributed by atoms with Crippen LogP contribution in [0.3, 0.4) is 0 Å². The van der Waals surface area contributed by atoms with E-state index in [9.17, 15) is 25.2 Å². The van der Waals surface area contributed by atoms with Gasteiger partial charge in [0.25, 0.3) is 0 Å². The second-order valence-electron chi connectivity index (χ2n) is 6.31. The van der Waals surface area contributed by atoms with E-state index < -0.39 is 13.9 Å². The van der Waals surface area contributed by atoms with Crippen LogP contribution in [0.15, 0.2) is 65.6 Å². The van der Waals surface area contributed by atoms with E-state index in [4.69, 9.17) is 51.1 Å². The molecule has 0 atom stereocenters. The summed E-state index contributed by atoms with van der Waals surface area (Å²) in [6.45, 7) is 0. The summed E-state index contributed by atoms with van der Waals surface area (Å²) in [5, 5.41) is 2.11. The minimum Gasteiger partial charge on any atom is -0.481 e. The van der Waals surface area contributed by atoms with E-state index in [1.807, 2.05) is 36.4 Å². The number of halogens is 10. The van der Waals surface area contributed by atoms with Crippen LogP contribution in [0, 0.1) is 0 Å². The molecule has 0 aromatic heterocycles. The summed E-state index contributed by atoms with van der Waals surface area (Å²) in [6, 6.07) is 18.1. The van der Waals surface area contributed by atoms with Crippen LogP contribution < -0.4 is 4.74 Å². The van der Waals surface area contributed by atoms with Crippen LogP contribution in [0.4, 0.5) is 25.2 Å². The summed E-state index contributed by atoms with van der Waals surface area (Å²) in [6.07, 6.45) is -0.505. The normalized spacial score (nSPS) is 13.6. The van der Waals surface area contributed by atoms with E-state index in [2.05, 4.69) is 12.6 Å². The van der Waals surface area contributed by atoms with E-state index >= 15 is 0 Å². The second kappa shape index (κ2) is 9.32. The van der Waals surface area contributed by atoms with Crippen molar-refractivity contribution >= 4 is 66.8 Å². The standard InChI is InChI=1S/C19H12Cl4OS.F6P/c20-11-1-7-15(17(22)9-11)19(16-8-2-12(21)10-18(16)23)24-13-3-5-14(25)6-4-13;1-7(2,3,4,5)6/h1-10,19,25H;/q;-1/p+1. The molecule has 3 aromatic rings. The number of hydrogen-bond acceptors (Lipinski definition) is 1. The van der Waals surface area contributed by atoms with Crippen LogP contribution in [0.2, 0.25) is 20.1 Å². The van der Waals surface area contributed by atoms with E-state index in [-0.39, 0.29) is 0 Å². The molecule has 0 spiro atoms. The van der Waals surface area contributed by atoms with Gasteiger partial charge in [0, 0.05) is 31.2 Å². The third kappa shape index (κ3) is 10.3. The number of rotatable bonds is 4. The molecular weight excluding hydrogens is 563 g/mol. The fourth-order valence-corrected chi connectivity index (χ4v) is 3.57. The second-order valence-corrected chi connectivity index (χ2v) is 10.5. The van der Waals surface area contributed by atoms with Gasteiger partial charge in [-0.25, -0.2) is 0 Å². The summed E-state index contributed by atoms with van der Waals surface area (Å²) in [7, 11) is -10.7. The maximum atomic E-state index is 9.87. The Hall–Kier alpha value is -1.02. The van der Waals surface area contributed by atoms with Crippen molar-refractivity contribution in [3.63, 3.8) is 0 Å². The average molecular weight is 576 g/mol. The smallest absolute Gasteiger partial charge is 0.152 e. The number of ether oxygens (including phenoxy) is 1. The zero-order chi connectivity index (χ0) is 24.4. The predicted octanol–water partition coefficient (Wildman–Crippen LogP) is 10.2. The molecule has 176 valence electrons. The third-order valence-corrected chi connectivity index (χ3v) is 5.06. The number of hydrogen-bond donors (Lipinski definition) is 0. The Bertz CT molecular complexity index is 1050. The molecular formula is C19H13Cl4F6OPS. The van der Waals surface area contributed by atoms with Gasteiger partial charge < -0.3 is 4.74 Å². The number of benzene rings is 3. The summed E-state index contributed by atoms with van der Waals surface area (Å²) < 4.78 is 65.4. The van der Waals surface area contributed by atoms with Gasteiger partial charge in [-0.15, -0.1) is 0 Å². The van der Waals surface area contributed by atoms with Crippen LogP contribution in [-0.4, -0.2) is 0 Å². The van der Waals surface area contributed by atoms with E-state index in [0.717, 1.165) is 16.0 Å². The molecule has 0 aliphatic rings. The van der Waals surface area contributed by atoms with Gasteiger partial charge in [-0.2, -0.15) is 0 Å². The van der Waals surface area contributed by atoms with Crippen molar-refractivity contribution in [2.24, 2.45) is 0 Å². The maximum Gasteiger partial charge on any atom is 0.152 e. The summed E-state index contributed by atoms with van der Waals surface area (Å²) in [4.78, 5) is 0.956. The first-order valence-corrected chi connectivity index (χ1v) is 12.4. The van der Waals surface area contributed by atoms with Gasteiger partial charge in [-0.1, -0.05) is 58.5 Å². The zero-order valence-electron chi connectivity index (χ0n) is 15.5. The molecule has 0 amide bonds. The van der Waals surface area contributed by atoms with E-state index in [1.165, 1.54) is 0 Å². The summed E-state index contributed by atoms with van der Waals surface area (Å²) >= 11 is 28.3. The zero-order valence-corrected chi connectivity index (χ0v) is 20.4. The predicted molar refractivity (Wildman–Crippen MR) is 124 cm³/mol. The third-order valence-electron chi connectivity index (χ3n) is 3.60. The SMILES string of the molecule is F[P-](F)(F)(F)(F)F.[SH2+]c1ccc(OC(c2ccc(Cl)cc2Cl)c2ccc(Cl)cc2Cl)cc1. The first-order chi connectivity index (χ1) is 14.4. The van der Waals surface area contributed by atoms with Crippen molar-refractivity contribution in [1.29, 1.82) is 0 Å². The van der Waals surface area contributed by atoms with Crippen LogP contribution in [-0.2, 0) is 12.6 Å². The van der Waals surface area contributed by atoms with Gasteiger partial charge >= 0.3 is 33.0 Å². The van der Waals surface area contributed by atoms with Crippen LogP contribution in [0.25, 0.3) is 0 Å². The van der Waals surface area contributed by atoms with Crippen molar-refractivity contribution in [3.8, 4) is 5.75 Å². The summed E-state index contributed by atoms with van der Waals surface area (Å²) in [5.41, 5.74) is 1.52. The molecule has 0 saturated heterocycles. The molecule has 0 radical (unpaired) electrons. The molecule has 0 bridgehead atoms. The van der Waals surface area contributed by atoms with Gasteiger partial charge in [0.15, 0.2) is 11.0 Å². The minimum absolute atomic E-state index is 0.500. The van der Waals surface area contributed by atoms with E-state index in [0.29, 0.717) is 25.8 Å². The molecule has 0 heterocycles. The molecule has 0 N–H and O–H groups in total. The molecule has 3 rings (SSSR count). The Morgan fingerprint density at radius 2 is 1.03 bits per heavy atom. The van der Waals surface area contributed by atoms with Gasteiger partial charge in [0.1, 0.15) is 5.75 Å². The van der Waals surface area contributed by atoms with Crippen LogP contribution in [0.5, 0.6) is 5.75 Å². The molecule has 32 heavy (non-hydrogen) atoms. The van der Waals surface area contributed by atoms with Crippen molar-refractivity contribution in [3.05, 3.63) is 91.9 Å². The molecule has 0 aliphatic carbocycles. The van der Waals surface area contributed by atoms with Gasteiger partial charge in [-0.3, -0.25) is 0 Å². The van der Waals surface area contributed by atoms with Gasteiger partial charge in [-0.05, 0) is 61.2 Å². The first-order valence-electron chi connectivity index (χ1n) is 8.33. The molecule has 0 aliphatic heterocycles. The fraction of sp³-hybridized carbons (Fsp3) is 0.0526. The molecule has 3 aromatic carbocycles. The van der Waals surface area contributed by atoms with Crippen molar-refractivity contribution in [2.45, 2.75) is 11.0 Å². The molecule has 0 fully saturated rings. The van der Waals surface area contributed by atoms with Crippen molar-refractivity contribution < 1.29 is 29.9 Å².